The van der Waals surface area contributed by atoms with Crippen LogP contribution in [0.5, 0.6) is 5.75 Å². The van der Waals surface area contributed by atoms with E-state index in [1.807, 2.05) is 51.1 Å². The first-order chi connectivity index (χ1) is 9.72. The van der Waals surface area contributed by atoms with Gasteiger partial charge in [-0.25, -0.2) is 0 Å². The van der Waals surface area contributed by atoms with E-state index in [9.17, 15) is 4.79 Å². The van der Waals surface area contributed by atoms with Gasteiger partial charge in [0, 0.05) is 11.8 Å². The number of aromatic nitrogens is 1. The molecule has 20 heavy (non-hydrogen) atoms. The predicted molar refractivity (Wildman–Crippen MR) is 79.9 cm³/mol. The summed E-state index contributed by atoms with van der Waals surface area (Å²) in [7, 11) is 0. The molecule has 0 saturated carbocycles. The van der Waals surface area contributed by atoms with Crippen LogP contribution >= 0.6 is 0 Å². The molecule has 0 aliphatic carbocycles. The molecule has 2 heterocycles. The van der Waals surface area contributed by atoms with E-state index in [0.29, 0.717) is 11.4 Å². The van der Waals surface area contributed by atoms with E-state index in [-0.39, 0.29) is 12.5 Å². The number of anilines is 1. The number of fused-ring (bicyclic) bond motifs is 1. The van der Waals surface area contributed by atoms with Gasteiger partial charge in [-0.1, -0.05) is 13.8 Å². The van der Waals surface area contributed by atoms with Gasteiger partial charge in [-0.15, -0.1) is 0 Å². The molecular weight excluding hydrogens is 252 g/mol. The number of amides is 1. The van der Waals surface area contributed by atoms with E-state index < -0.39 is 0 Å². The highest BCUT2D eigenvalue weighted by Gasteiger charge is 2.16. The van der Waals surface area contributed by atoms with Crippen LogP contribution in [0.1, 0.15) is 19.4 Å². The van der Waals surface area contributed by atoms with Crippen molar-refractivity contribution >= 4 is 11.6 Å². The van der Waals surface area contributed by atoms with Gasteiger partial charge in [0.25, 0.3) is 5.91 Å². The lowest BCUT2D eigenvalue weighted by atomic mass is 10.1. The maximum atomic E-state index is 11.3. The molecule has 0 spiro atoms. The van der Waals surface area contributed by atoms with Crippen LogP contribution in [-0.4, -0.2) is 17.5 Å². The molecule has 0 saturated heterocycles. The van der Waals surface area contributed by atoms with Crippen molar-refractivity contribution in [3.05, 3.63) is 42.1 Å². The molecule has 0 unspecified atom stereocenters. The van der Waals surface area contributed by atoms with Crippen molar-refractivity contribution in [2.24, 2.45) is 0 Å². The van der Waals surface area contributed by atoms with Gasteiger partial charge >= 0.3 is 0 Å². The molecule has 0 radical (unpaired) electrons. The summed E-state index contributed by atoms with van der Waals surface area (Å²) >= 11 is 0. The number of ether oxygens (including phenoxy) is 1. The third-order valence-corrected chi connectivity index (χ3v) is 2.82. The summed E-state index contributed by atoms with van der Waals surface area (Å²) < 4.78 is 5.32. The van der Waals surface area contributed by atoms with Crippen molar-refractivity contribution in [2.45, 2.75) is 20.8 Å². The first-order valence-electron chi connectivity index (χ1n) is 6.72. The molecule has 0 bridgehead atoms. The van der Waals surface area contributed by atoms with Crippen LogP contribution in [0.25, 0.3) is 11.3 Å². The molecule has 2 aromatic rings. The number of rotatable bonds is 1. The number of hydrogen-bond donors (Lipinski definition) is 1. The van der Waals surface area contributed by atoms with Crippen LogP contribution in [-0.2, 0) is 4.79 Å². The number of aryl methyl sites for hydroxylation is 1. The Balaban J connectivity index is 0.000000704. The molecule has 4 nitrogen and oxygen atoms in total. The van der Waals surface area contributed by atoms with E-state index in [2.05, 4.69) is 10.3 Å². The molecule has 1 amide bonds. The van der Waals surface area contributed by atoms with E-state index in [1.54, 1.807) is 6.20 Å². The standard InChI is InChI=1S/C14H12N2O2.C2H6/c1-9-4-5-15-11(6-9)10-2-3-13-12(7-10)16-14(17)8-18-13;1-2/h2-7H,8H2,1H3,(H,16,17);1-2H3. The number of pyridine rings is 1. The SMILES string of the molecule is CC.Cc1ccnc(-c2ccc3c(c2)NC(=O)CO3)c1. The third-order valence-electron chi connectivity index (χ3n) is 2.82. The van der Waals surface area contributed by atoms with E-state index in [4.69, 9.17) is 4.74 Å². The summed E-state index contributed by atoms with van der Waals surface area (Å²) in [5, 5.41) is 2.79. The van der Waals surface area contributed by atoms with E-state index >= 15 is 0 Å². The fraction of sp³-hybridized carbons (Fsp3) is 0.250. The summed E-state index contributed by atoms with van der Waals surface area (Å²) in [6, 6.07) is 9.64. The lowest BCUT2D eigenvalue weighted by Gasteiger charge is -2.18. The Labute approximate surface area is 118 Å². The second-order valence-corrected chi connectivity index (χ2v) is 4.27. The van der Waals surface area contributed by atoms with Crippen molar-refractivity contribution < 1.29 is 9.53 Å². The third kappa shape index (κ3) is 2.96. The molecule has 4 heteroatoms. The van der Waals surface area contributed by atoms with Crippen LogP contribution in [0.4, 0.5) is 5.69 Å². The minimum atomic E-state index is -0.128. The second-order valence-electron chi connectivity index (χ2n) is 4.27. The van der Waals surface area contributed by atoms with Crippen molar-refractivity contribution in [3.8, 4) is 17.0 Å². The summed E-state index contributed by atoms with van der Waals surface area (Å²) in [6.07, 6.45) is 1.78. The Bertz CT molecular complexity index is 624. The van der Waals surface area contributed by atoms with Crippen LogP contribution < -0.4 is 10.1 Å². The molecule has 1 aliphatic rings. The maximum Gasteiger partial charge on any atom is 0.262 e. The van der Waals surface area contributed by atoms with E-state index in [1.165, 1.54) is 0 Å². The molecule has 1 N–H and O–H groups in total. The first-order valence-corrected chi connectivity index (χ1v) is 6.72. The monoisotopic (exact) mass is 270 g/mol. The van der Waals surface area contributed by atoms with Gasteiger partial charge in [-0.2, -0.15) is 0 Å². The zero-order chi connectivity index (χ0) is 14.5. The summed E-state index contributed by atoms with van der Waals surface area (Å²) in [4.78, 5) is 15.6. The molecule has 3 rings (SSSR count). The highest BCUT2D eigenvalue weighted by molar-refractivity contribution is 5.96. The highest BCUT2D eigenvalue weighted by atomic mass is 16.5. The van der Waals surface area contributed by atoms with Gasteiger partial charge in [0.05, 0.1) is 11.4 Å². The molecule has 0 fully saturated rings. The number of nitrogens with zero attached hydrogens (tertiary/aromatic N) is 1. The lowest BCUT2D eigenvalue weighted by Crippen LogP contribution is -2.25. The van der Waals surface area contributed by atoms with Gasteiger partial charge in [-0.3, -0.25) is 9.78 Å². The molecule has 0 atom stereocenters. The van der Waals surface area contributed by atoms with Crippen molar-refractivity contribution in [1.82, 2.24) is 4.98 Å². The van der Waals surface area contributed by atoms with Crippen LogP contribution in [0.15, 0.2) is 36.5 Å². The fourth-order valence-electron chi connectivity index (χ4n) is 1.94. The Morgan fingerprint density at radius 1 is 1.20 bits per heavy atom. The Morgan fingerprint density at radius 2 is 2.00 bits per heavy atom. The Kier molecular flexibility index (Phi) is 4.35. The van der Waals surface area contributed by atoms with Gasteiger partial charge < -0.3 is 10.1 Å². The first kappa shape index (κ1) is 14.1. The number of nitrogens with one attached hydrogen (secondary N) is 1. The number of benzene rings is 1. The van der Waals surface area contributed by atoms with Gasteiger partial charge in [-0.05, 0) is 42.8 Å². The molecule has 104 valence electrons. The number of carbonyl (C=O) groups is 1. The average molecular weight is 270 g/mol. The maximum absolute atomic E-state index is 11.3. The lowest BCUT2D eigenvalue weighted by molar-refractivity contribution is -0.118. The Hall–Kier alpha value is -2.36. The van der Waals surface area contributed by atoms with Crippen LogP contribution in [0.2, 0.25) is 0 Å². The summed E-state index contributed by atoms with van der Waals surface area (Å²) in [6.45, 7) is 6.10. The largest absolute Gasteiger partial charge is 0.482 e. The summed E-state index contributed by atoms with van der Waals surface area (Å²) in [5.74, 6) is 0.572. The second kappa shape index (κ2) is 6.19. The Morgan fingerprint density at radius 3 is 2.75 bits per heavy atom. The normalized spacial score (nSPS) is 12.4. The predicted octanol–water partition coefficient (Wildman–Crippen LogP) is 3.41. The van der Waals surface area contributed by atoms with Crippen molar-refractivity contribution in [2.75, 3.05) is 11.9 Å². The molecule has 1 aromatic heterocycles. The molecule has 1 aliphatic heterocycles. The van der Waals surface area contributed by atoms with Gasteiger partial charge in [0.15, 0.2) is 6.61 Å². The number of carbonyl (C=O) groups excluding carboxylic acids is 1. The van der Waals surface area contributed by atoms with Crippen LogP contribution in [0.3, 0.4) is 0 Å². The smallest absolute Gasteiger partial charge is 0.262 e. The van der Waals surface area contributed by atoms with E-state index in [0.717, 1.165) is 16.8 Å². The van der Waals surface area contributed by atoms with Crippen LogP contribution in [0, 0.1) is 6.92 Å². The van der Waals surface area contributed by atoms with Gasteiger partial charge in [0.1, 0.15) is 5.75 Å². The number of hydrogen-bond acceptors (Lipinski definition) is 3. The average Bonchev–Trinajstić information content (AvgIpc) is 2.48. The fourth-order valence-corrected chi connectivity index (χ4v) is 1.94. The van der Waals surface area contributed by atoms with Crippen molar-refractivity contribution in [1.29, 1.82) is 0 Å². The molecule has 1 aromatic carbocycles. The minimum Gasteiger partial charge on any atom is -0.482 e. The highest BCUT2D eigenvalue weighted by Crippen LogP contribution is 2.32. The zero-order valence-corrected chi connectivity index (χ0v) is 11.9. The zero-order valence-electron chi connectivity index (χ0n) is 11.9. The summed E-state index contributed by atoms with van der Waals surface area (Å²) in [5.41, 5.74) is 3.70. The minimum absolute atomic E-state index is 0.0784. The van der Waals surface area contributed by atoms with Crippen molar-refractivity contribution in [3.63, 3.8) is 0 Å². The molecular formula is C16H18N2O2. The van der Waals surface area contributed by atoms with Gasteiger partial charge in [0.2, 0.25) is 0 Å². The topological polar surface area (TPSA) is 51.2 Å². The quantitative estimate of drug-likeness (QED) is 0.864.